The van der Waals surface area contributed by atoms with Crippen molar-refractivity contribution in [2.75, 3.05) is 16.8 Å². The summed E-state index contributed by atoms with van der Waals surface area (Å²) in [5, 5.41) is 5.59. The first-order chi connectivity index (χ1) is 13.8. The number of piperidine rings is 1. The average Bonchev–Trinajstić information content (AvgIpc) is 2.70. The molecule has 1 unspecified atom stereocenters. The number of para-hydroxylation sites is 1. The highest BCUT2D eigenvalue weighted by molar-refractivity contribution is 6.07. The van der Waals surface area contributed by atoms with Crippen LogP contribution in [0, 0.1) is 5.41 Å². The van der Waals surface area contributed by atoms with Gasteiger partial charge in [0.25, 0.3) is 5.91 Å². The normalized spacial score (nSPS) is 17.0. The second kappa shape index (κ2) is 8.43. The molecule has 1 fully saturated rings. The fraction of sp³-hybridized carbons (Fsp3) is 0.364. The zero-order valence-electron chi connectivity index (χ0n) is 16.9. The van der Waals surface area contributed by atoms with E-state index in [4.69, 9.17) is 0 Å². The molecule has 0 bridgehead atoms. The molecule has 0 spiro atoms. The molecule has 7 nitrogen and oxygen atoms in total. The third-order valence-electron chi connectivity index (χ3n) is 4.81. The lowest BCUT2D eigenvalue weighted by molar-refractivity contribution is -0.123. The SMILES string of the molecule is CC(C)(C)C(=O)Nc1ccncc1C(=O)NC1CCCN(c2ccccc2)C1=O. The Balaban J connectivity index is 1.75. The number of rotatable bonds is 4. The largest absolute Gasteiger partial charge is 0.340 e. The van der Waals surface area contributed by atoms with Crippen molar-refractivity contribution < 1.29 is 14.4 Å². The minimum Gasteiger partial charge on any atom is -0.340 e. The molecule has 0 aliphatic carbocycles. The molecule has 1 saturated heterocycles. The van der Waals surface area contributed by atoms with Crippen molar-refractivity contribution in [3.05, 3.63) is 54.4 Å². The van der Waals surface area contributed by atoms with Gasteiger partial charge in [-0.1, -0.05) is 39.0 Å². The van der Waals surface area contributed by atoms with Crippen LogP contribution in [-0.2, 0) is 9.59 Å². The summed E-state index contributed by atoms with van der Waals surface area (Å²) in [6, 6.07) is 10.4. The molecule has 2 N–H and O–H groups in total. The van der Waals surface area contributed by atoms with Gasteiger partial charge in [0, 0.05) is 30.0 Å². The van der Waals surface area contributed by atoms with Crippen LogP contribution in [0.4, 0.5) is 11.4 Å². The van der Waals surface area contributed by atoms with E-state index in [1.165, 1.54) is 12.4 Å². The number of aromatic nitrogens is 1. The molecule has 1 aromatic carbocycles. The van der Waals surface area contributed by atoms with Gasteiger partial charge in [-0.05, 0) is 31.0 Å². The molecule has 2 heterocycles. The average molecular weight is 394 g/mol. The molecule has 1 atom stereocenters. The molecular formula is C22H26N4O3. The van der Waals surface area contributed by atoms with Crippen molar-refractivity contribution in [2.24, 2.45) is 5.41 Å². The zero-order valence-corrected chi connectivity index (χ0v) is 16.9. The van der Waals surface area contributed by atoms with Crippen molar-refractivity contribution in [2.45, 2.75) is 39.7 Å². The number of carbonyl (C=O) groups is 3. The first-order valence-corrected chi connectivity index (χ1v) is 9.70. The van der Waals surface area contributed by atoms with Crippen LogP contribution in [0.2, 0.25) is 0 Å². The molecule has 3 rings (SSSR count). The van der Waals surface area contributed by atoms with Crippen LogP contribution in [0.5, 0.6) is 0 Å². The van der Waals surface area contributed by atoms with Gasteiger partial charge in [0.05, 0.1) is 11.3 Å². The van der Waals surface area contributed by atoms with Crippen LogP contribution in [0.25, 0.3) is 0 Å². The Morgan fingerprint density at radius 2 is 1.86 bits per heavy atom. The van der Waals surface area contributed by atoms with Gasteiger partial charge in [-0.15, -0.1) is 0 Å². The summed E-state index contributed by atoms with van der Waals surface area (Å²) in [5.41, 5.74) is 0.818. The summed E-state index contributed by atoms with van der Waals surface area (Å²) in [7, 11) is 0. The zero-order chi connectivity index (χ0) is 21.0. The lowest BCUT2D eigenvalue weighted by atomic mass is 9.95. The van der Waals surface area contributed by atoms with Crippen LogP contribution < -0.4 is 15.5 Å². The molecule has 7 heteroatoms. The van der Waals surface area contributed by atoms with Gasteiger partial charge in [0.2, 0.25) is 11.8 Å². The van der Waals surface area contributed by atoms with E-state index in [-0.39, 0.29) is 17.4 Å². The molecule has 0 radical (unpaired) electrons. The van der Waals surface area contributed by atoms with Crippen LogP contribution >= 0.6 is 0 Å². The van der Waals surface area contributed by atoms with Crippen LogP contribution in [-0.4, -0.2) is 35.3 Å². The minimum atomic E-state index is -0.622. The quantitative estimate of drug-likeness (QED) is 0.834. The Morgan fingerprint density at radius 1 is 1.14 bits per heavy atom. The summed E-state index contributed by atoms with van der Waals surface area (Å²) >= 11 is 0. The summed E-state index contributed by atoms with van der Waals surface area (Å²) in [6.07, 6.45) is 4.26. The monoisotopic (exact) mass is 394 g/mol. The molecule has 2 aromatic rings. The second-order valence-corrected chi connectivity index (χ2v) is 8.12. The van der Waals surface area contributed by atoms with Gasteiger partial charge in [0.1, 0.15) is 6.04 Å². The van der Waals surface area contributed by atoms with Crippen LogP contribution in [0.1, 0.15) is 44.0 Å². The van der Waals surface area contributed by atoms with E-state index < -0.39 is 17.4 Å². The number of hydrogen-bond acceptors (Lipinski definition) is 4. The highest BCUT2D eigenvalue weighted by atomic mass is 16.2. The van der Waals surface area contributed by atoms with E-state index >= 15 is 0 Å². The number of pyridine rings is 1. The molecule has 0 saturated carbocycles. The van der Waals surface area contributed by atoms with Crippen LogP contribution in [0.15, 0.2) is 48.8 Å². The Labute approximate surface area is 170 Å². The minimum absolute atomic E-state index is 0.139. The maximum Gasteiger partial charge on any atom is 0.255 e. The van der Waals surface area contributed by atoms with Gasteiger partial charge in [0.15, 0.2) is 0 Å². The third-order valence-corrected chi connectivity index (χ3v) is 4.81. The standard InChI is InChI=1S/C22H26N4O3/c1-22(2,3)21(29)25-17-11-12-23-14-16(17)19(27)24-18-10-7-13-26(20(18)28)15-8-5-4-6-9-15/h4-6,8-9,11-12,14,18H,7,10,13H2,1-3H3,(H,24,27)(H,23,25,29). The number of carbonyl (C=O) groups excluding carboxylic acids is 3. The van der Waals surface area contributed by atoms with Crippen LogP contribution in [0.3, 0.4) is 0 Å². The van der Waals surface area contributed by atoms with E-state index in [1.807, 2.05) is 30.3 Å². The predicted molar refractivity (Wildman–Crippen MR) is 112 cm³/mol. The molecule has 1 aliphatic heterocycles. The van der Waals surface area contributed by atoms with Crippen molar-refractivity contribution in [1.82, 2.24) is 10.3 Å². The summed E-state index contributed by atoms with van der Waals surface area (Å²) in [4.78, 5) is 43.8. The molecule has 152 valence electrons. The predicted octanol–water partition coefficient (Wildman–Crippen LogP) is 2.99. The Bertz CT molecular complexity index is 906. The number of benzene rings is 1. The highest BCUT2D eigenvalue weighted by Gasteiger charge is 2.31. The molecule has 1 aromatic heterocycles. The molecule has 1 aliphatic rings. The van der Waals surface area contributed by atoms with E-state index in [0.29, 0.717) is 18.7 Å². The van der Waals surface area contributed by atoms with Gasteiger partial charge in [-0.3, -0.25) is 19.4 Å². The Morgan fingerprint density at radius 3 is 2.55 bits per heavy atom. The van der Waals surface area contributed by atoms with Crippen molar-refractivity contribution in [1.29, 1.82) is 0 Å². The summed E-state index contributed by atoms with van der Waals surface area (Å²) < 4.78 is 0. The third kappa shape index (κ3) is 4.80. The van der Waals surface area contributed by atoms with E-state index in [9.17, 15) is 14.4 Å². The van der Waals surface area contributed by atoms with Gasteiger partial charge < -0.3 is 15.5 Å². The van der Waals surface area contributed by atoms with E-state index in [1.54, 1.807) is 31.7 Å². The fourth-order valence-electron chi connectivity index (χ4n) is 3.10. The summed E-state index contributed by atoms with van der Waals surface area (Å²) in [6.45, 7) is 6.00. The number of nitrogens with one attached hydrogen (secondary N) is 2. The number of amides is 3. The molecular weight excluding hydrogens is 368 g/mol. The summed E-state index contributed by atoms with van der Waals surface area (Å²) in [5.74, 6) is -0.780. The number of anilines is 2. The van der Waals surface area contributed by atoms with Crippen molar-refractivity contribution in [3.8, 4) is 0 Å². The number of nitrogens with zero attached hydrogens (tertiary/aromatic N) is 2. The van der Waals surface area contributed by atoms with E-state index in [2.05, 4.69) is 15.6 Å². The van der Waals surface area contributed by atoms with Gasteiger partial charge in [-0.25, -0.2) is 0 Å². The fourth-order valence-corrected chi connectivity index (χ4v) is 3.10. The van der Waals surface area contributed by atoms with Crippen molar-refractivity contribution >= 4 is 29.1 Å². The van der Waals surface area contributed by atoms with Gasteiger partial charge in [-0.2, -0.15) is 0 Å². The second-order valence-electron chi connectivity index (χ2n) is 8.12. The van der Waals surface area contributed by atoms with Gasteiger partial charge >= 0.3 is 0 Å². The maximum atomic E-state index is 12.9. The van der Waals surface area contributed by atoms with E-state index in [0.717, 1.165) is 12.1 Å². The maximum absolute atomic E-state index is 12.9. The van der Waals surface area contributed by atoms with Crippen molar-refractivity contribution in [3.63, 3.8) is 0 Å². The first kappa shape index (κ1) is 20.5. The topological polar surface area (TPSA) is 91.4 Å². The first-order valence-electron chi connectivity index (χ1n) is 9.70. The number of hydrogen-bond donors (Lipinski definition) is 2. The smallest absolute Gasteiger partial charge is 0.255 e. The Hall–Kier alpha value is -3.22. The highest BCUT2D eigenvalue weighted by Crippen LogP contribution is 2.23. The lowest BCUT2D eigenvalue weighted by Gasteiger charge is -2.32. The molecule has 29 heavy (non-hydrogen) atoms. The molecule has 3 amide bonds. The lowest BCUT2D eigenvalue weighted by Crippen LogP contribution is -2.52. The Kier molecular flexibility index (Phi) is 5.96.